The van der Waals surface area contributed by atoms with Crippen LogP contribution in [0.4, 0.5) is 13.2 Å². The number of fused-ring (bicyclic) bond motifs is 1. The lowest BCUT2D eigenvalue weighted by Gasteiger charge is -2.22. The molecule has 1 aromatic carbocycles. The molecule has 0 aliphatic rings. The first-order chi connectivity index (χ1) is 12.2. The van der Waals surface area contributed by atoms with Gasteiger partial charge in [0, 0.05) is 28.7 Å². The van der Waals surface area contributed by atoms with Gasteiger partial charge in [0.25, 0.3) is 0 Å². The van der Waals surface area contributed by atoms with E-state index in [4.69, 9.17) is 11.6 Å². The van der Waals surface area contributed by atoms with Crippen LogP contribution in [-0.2, 0) is 22.6 Å². The second kappa shape index (κ2) is 8.49. The fourth-order valence-corrected chi connectivity index (χ4v) is 3.63. The molecule has 0 saturated heterocycles. The van der Waals surface area contributed by atoms with E-state index in [2.05, 4.69) is 26.1 Å². The number of aldehydes is 2. The van der Waals surface area contributed by atoms with E-state index in [0.717, 1.165) is 4.90 Å². The third-order valence-corrected chi connectivity index (χ3v) is 4.77. The topological polar surface area (TPSA) is 66.1 Å². The first-order valence-corrected chi connectivity index (χ1v) is 8.81. The second-order valence-corrected chi connectivity index (χ2v) is 7.28. The molecule has 0 fully saturated rings. The summed E-state index contributed by atoms with van der Waals surface area (Å²) in [5.41, 5.74) is 1.68. The Hall–Kier alpha value is -1.45. The van der Waals surface area contributed by atoms with Crippen LogP contribution >= 0.6 is 27.5 Å². The lowest BCUT2D eigenvalue weighted by Crippen LogP contribution is -2.31. The molecular weight excluding hydrogens is 439 g/mol. The third kappa shape index (κ3) is 5.05. The van der Waals surface area contributed by atoms with E-state index < -0.39 is 18.6 Å². The van der Waals surface area contributed by atoms with E-state index in [0.29, 0.717) is 39.1 Å². The summed E-state index contributed by atoms with van der Waals surface area (Å²) in [5, 5.41) is 7.39. The zero-order chi connectivity index (χ0) is 19.5. The number of carbonyl (C=O) groups is 2. The van der Waals surface area contributed by atoms with E-state index in [1.807, 2.05) is 0 Å². The maximum atomic E-state index is 12.7. The number of rotatable bonds is 8. The number of nitrogens with zero attached hydrogens (tertiary/aromatic N) is 2. The quantitative estimate of drug-likeness (QED) is 0.614. The second-order valence-electron chi connectivity index (χ2n) is 6.05. The average Bonchev–Trinajstić information content (AvgIpc) is 2.91. The number of H-pyrrole nitrogens is 1. The van der Waals surface area contributed by atoms with Gasteiger partial charge in [-0.1, -0.05) is 11.6 Å². The van der Waals surface area contributed by atoms with Crippen molar-refractivity contribution in [2.45, 2.75) is 25.6 Å². The highest BCUT2D eigenvalue weighted by Crippen LogP contribution is 2.35. The molecule has 2 aromatic rings. The van der Waals surface area contributed by atoms with Gasteiger partial charge in [0.2, 0.25) is 0 Å². The monoisotopic (exact) mass is 453 g/mol. The standard InChI is InChI=1S/C16H16BrClF3N3O2/c1-24(8-16(19,20)21)6-11-10(4-9(7-26)2-3-25)5-12(17)14-13(11)15(18)23-22-14/h3,5,7,9H,2,4,6,8H2,1H3,(H,22,23)/t9-/m1/s1. The van der Waals surface area contributed by atoms with E-state index in [-0.39, 0.29) is 24.5 Å². The number of hydrogen-bond donors (Lipinski definition) is 1. The van der Waals surface area contributed by atoms with Crippen LogP contribution in [0.2, 0.25) is 5.15 Å². The Morgan fingerprint density at radius 2 is 2.12 bits per heavy atom. The number of hydrogen-bond acceptors (Lipinski definition) is 4. The molecular formula is C16H16BrClF3N3O2. The summed E-state index contributed by atoms with van der Waals surface area (Å²) in [6.07, 6.45) is -2.77. The van der Waals surface area contributed by atoms with Gasteiger partial charge in [0.05, 0.1) is 6.54 Å². The van der Waals surface area contributed by atoms with Gasteiger partial charge in [-0.25, -0.2) is 0 Å². The smallest absolute Gasteiger partial charge is 0.303 e. The fourth-order valence-electron chi connectivity index (χ4n) is 2.83. The minimum atomic E-state index is -4.34. The van der Waals surface area contributed by atoms with Crippen molar-refractivity contribution in [3.8, 4) is 0 Å². The Bertz CT molecular complexity index is 810. The maximum Gasteiger partial charge on any atom is 0.401 e. The molecule has 0 spiro atoms. The Labute approximate surface area is 161 Å². The first kappa shape index (κ1) is 20.9. The van der Waals surface area contributed by atoms with E-state index in [1.54, 1.807) is 6.07 Å². The predicted octanol–water partition coefficient (Wildman–Crippen LogP) is 3.92. The fraction of sp³-hybridized carbons (Fsp3) is 0.438. The van der Waals surface area contributed by atoms with Crippen LogP contribution in [0.15, 0.2) is 10.5 Å². The molecule has 0 saturated carbocycles. The van der Waals surface area contributed by atoms with Crippen molar-refractivity contribution in [2.24, 2.45) is 5.92 Å². The predicted molar refractivity (Wildman–Crippen MR) is 95.1 cm³/mol. The summed E-state index contributed by atoms with van der Waals surface area (Å²) < 4.78 is 38.7. The van der Waals surface area contributed by atoms with Crippen LogP contribution in [-0.4, -0.2) is 47.4 Å². The molecule has 0 aliphatic heterocycles. The number of halogens is 5. The molecule has 10 heteroatoms. The molecule has 0 amide bonds. The van der Waals surface area contributed by atoms with Crippen molar-refractivity contribution in [3.63, 3.8) is 0 Å². The van der Waals surface area contributed by atoms with Gasteiger partial charge in [-0.05, 0) is 46.6 Å². The van der Waals surface area contributed by atoms with Gasteiger partial charge >= 0.3 is 6.18 Å². The van der Waals surface area contributed by atoms with E-state index in [1.165, 1.54) is 7.05 Å². The maximum absolute atomic E-state index is 12.7. The molecule has 1 heterocycles. The SMILES string of the molecule is CN(Cc1c(C[C@H](C=O)CC=O)cc(Br)c2n[nH]c(Cl)c12)CC(F)(F)F. The van der Waals surface area contributed by atoms with Gasteiger partial charge in [-0.15, -0.1) is 0 Å². The number of nitrogens with one attached hydrogen (secondary N) is 1. The zero-order valence-corrected chi connectivity index (χ0v) is 16.1. The molecule has 1 N–H and O–H groups in total. The molecule has 0 bridgehead atoms. The van der Waals surface area contributed by atoms with Crippen LogP contribution in [0, 0.1) is 5.92 Å². The number of aromatic amines is 1. The number of aromatic nitrogens is 2. The largest absolute Gasteiger partial charge is 0.401 e. The Morgan fingerprint density at radius 3 is 2.69 bits per heavy atom. The summed E-state index contributed by atoms with van der Waals surface area (Å²) in [7, 11) is 1.35. The number of carbonyl (C=O) groups excluding carboxylic acids is 2. The van der Waals surface area contributed by atoms with Crippen LogP contribution < -0.4 is 0 Å². The van der Waals surface area contributed by atoms with Crippen LogP contribution in [0.3, 0.4) is 0 Å². The molecule has 5 nitrogen and oxygen atoms in total. The summed E-state index contributed by atoms with van der Waals surface area (Å²) in [6.45, 7) is -1.13. The Kier molecular flexibility index (Phi) is 6.81. The lowest BCUT2D eigenvalue weighted by molar-refractivity contribution is -0.144. The molecule has 26 heavy (non-hydrogen) atoms. The molecule has 0 radical (unpaired) electrons. The minimum Gasteiger partial charge on any atom is -0.303 e. The van der Waals surface area contributed by atoms with E-state index >= 15 is 0 Å². The molecule has 142 valence electrons. The highest BCUT2D eigenvalue weighted by Gasteiger charge is 2.30. The molecule has 1 atom stereocenters. The number of alkyl halides is 3. The zero-order valence-electron chi connectivity index (χ0n) is 13.7. The lowest BCUT2D eigenvalue weighted by atomic mass is 9.92. The average molecular weight is 455 g/mol. The minimum absolute atomic E-state index is 0.0372. The van der Waals surface area contributed by atoms with Gasteiger partial charge in [0.15, 0.2) is 0 Å². The van der Waals surface area contributed by atoms with Gasteiger partial charge < -0.3 is 9.59 Å². The molecule has 0 aliphatic carbocycles. The van der Waals surface area contributed by atoms with Crippen molar-refractivity contribution in [1.29, 1.82) is 0 Å². The van der Waals surface area contributed by atoms with E-state index in [9.17, 15) is 22.8 Å². The highest BCUT2D eigenvalue weighted by atomic mass is 79.9. The summed E-state index contributed by atoms with van der Waals surface area (Å²) in [6, 6.07) is 1.71. The summed E-state index contributed by atoms with van der Waals surface area (Å²) in [4.78, 5) is 23.1. The van der Waals surface area contributed by atoms with Gasteiger partial charge in [0.1, 0.15) is 23.2 Å². The van der Waals surface area contributed by atoms with Crippen molar-refractivity contribution in [3.05, 3.63) is 26.8 Å². The van der Waals surface area contributed by atoms with Crippen molar-refractivity contribution in [1.82, 2.24) is 15.1 Å². The van der Waals surface area contributed by atoms with Crippen LogP contribution in [0.5, 0.6) is 0 Å². The van der Waals surface area contributed by atoms with Crippen molar-refractivity contribution >= 4 is 51.0 Å². The molecule has 0 unspecified atom stereocenters. The van der Waals surface area contributed by atoms with Crippen LogP contribution in [0.1, 0.15) is 17.5 Å². The molecule has 2 rings (SSSR count). The summed E-state index contributed by atoms with van der Waals surface area (Å²) >= 11 is 9.53. The van der Waals surface area contributed by atoms with Crippen molar-refractivity contribution < 1.29 is 22.8 Å². The first-order valence-electron chi connectivity index (χ1n) is 7.64. The Morgan fingerprint density at radius 1 is 1.42 bits per heavy atom. The summed E-state index contributed by atoms with van der Waals surface area (Å²) in [5.74, 6) is -0.561. The third-order valence-electron chi connectivity index (χ3n) is 3.89. The Balaban J connectivity index is 2.50. The van der Waals surface area contributed by atoms with Gasteiger partial charge in [-0.3, -0.25) is 10.00 Å². The number of benzene rings is 1. The highest BCUT2D eigenvalue weighted by molar-refractivity contribution is 9.10. The normalized spacial score (nSPS) is 13.3. The van der Waals surface area contributed by atoms with Gasteiger partial charge in [-0.2, -0.15) is 18.3 Å². The van der Waals surface area contributed by atoms with Crippen LogP contribution in [0.25, 0.3) is 10.9 Å². The van der Waals surface area contributed by atoms with Crippen molar-refractivity contribution in [2.75, 3.05) is 13.6 Å². The molecule has 1 aromatic heterocycles.